The molecule has 0 bridgehead atoms. The van der Waals surface area contributed by atoms with Crippen LogP contribution >= 0.6 is 11.6 Å². The highest BCUT2D eigenvalue weighted by Crippen LogP contribution is 2.25. The third-order valence-corrected chi connectivity index (χ3v) is 3.71. The van der Waals surface area contributed by atoms with Crippen molar-refractivity contribution in [2.75, 3.05) is 5.32 Å². The van der Waals surface area contributed by atoms with E-state index >= 15 is 0 Å². The average Bonchev–Trinajstić information content (AvgIpc) is 3.20. The van der Waals surface area contributed by atoms with Crippen LogP contribution in [0, 0.1) is 5.82 Å². The predicted octanol–water partition coefficient (Wildman–Crippen LogP) is 3.05. The topological polar surface area (TPSA) is 94.3 Å². The lowest BCUT2D eigenvalue weighted by Gasteiger charge is -2.10. The fraction of sp³-hybridized carbons (Fsp3) is 0. The fourth-order valence-corrected chi connectivity index (χ4v) is 2.44. The van der Waals surface area contributed by atoms with E-state index in [-0.39, 0.29) is 11.0 Å². The van der Waals surface area contributed by atoms with Gasteiger partial charge < -0.3 is 5.32 Å². The molecule has 1 aromatic carbocycles. The van der Waals surface area contributed by atoms with Crippen molar-refractivity contribution >= 4 is 23.2 Å². The van der Waals surface area contributed by atoms with Gasteiger partial charge in [-0.3, -0.25) is 0 Å². The van der Waals surface area contributed by atoms with E-state index in [4.69, 9.17) is 11.6 Å². The van der Waals surface area contributed by atoms with Crippen LogP contribution in [0.25, 0.3) is 16.9 Å². The molecule has 128 valence electrons. The van der Waals surface area contributed by atoms with Crippen LogP contribution in [0.1, 0.15) is 0 Å². The zero-order valence-electron chi connectivity index (χ0n) is 13.1. The molecule has 0 saturated heterocycles. The van der Waals surface area contributed by atoms with E-state index in [9.17, 15) is 4.39 Å². The summed E-state index contributed by atoms with van der Waals surface area (Å²) in [5.74, 6) is 0.218. The number of hydrogen-bond acceptors (Lipinski definition) is 7. The second-order valence-electron chi connectivity index (χ2n) is 5.13. The SMILES string of the molecule is Fc1ccc(Nc2ncc(-c3cncnc3)c(-n3nccn3)n2)cc1Cl. The minimum atomic E-state index is -0.501. The molecular weight excluding hydrogens is 359 g/mol. The minimum absolute atomic E-state index is 0.00187. The molecule has 0 spiro atoms. The highest BCUT2D eigenvalue weighted by atomic mass is 35.5. The molecule has 8 nitrogen and oxygen atoms in total. The number of rotatable bonds is 4. The fourth-order valence-electron chi connectivity index (χ4n) is 2.26. The predicted molar refractivity (Wildman–Crippen MR) is 92.7 cm³/mol. The van der Waals surface area contributed by atoms with E-state index < -0.39 is 5.82 Å². The summed E-state index contributed by atoms with van der Waals surface area (Å²) >= 11 is 5.80. The summed E-state index contributed by atoms with van der Waals surface area (Å²) in [5, 5.41) is 11.2. The Hall–Kier alpha value is -3.46. The number of aromatic nitrogens is 7. The summed E-state index contributed by atoms with van der Waals surface area (Å²) in [6.07, 6.45) is 9.42. The number of hydrogen-bond donors (Lipinski definition) is 1. The Morgan fingerprint density at radius 3 is 2.54 bits per heavy atom. The van der Waals surface area contributed by atoms with Gasteiger partial charge in [0.15, 0.2) is 5.82 Å². The van der Waals surface area contributed by atoms with Crippen LogP contribution in [-0.4, -0.2) is 34.9 Å². The first-order chi connectivity index (χ1) is 12.7. The van der Waals surface area contributed by atoms with E-state index in [1.165, 1.54) is 29.3 Å². The number of anilines is 2. The Kier molecular flexibility index (Phi) is 4.20. The van der Waals surface area contributed by atoms with Crippen LogP contribution in [0.5, 0.6) is 0 Å². The molecule has 0 saturated carbocycles. The molecule has 0 aliphatic heterocycles. The molecule has 26 heavy (non-hydrogen) atoms. The first-order valence-electron chi connectivity index (χ1n) is 7.42. The van der Waals surface area contributed by atoms with Crippen LogP contribution in [0.15, 0.2) is 55.5 Å². The molecule has 0 aliphatic carbocycles. The van der Waals surface area contributed by atoms with E-state index in [0.29, 0.717) is 17.1 Å². The van der Waals surface area contributed by atoms with Crippen molar-refractivity contribution in [1.29, 1.82) is 0 Å². The van der Waals surface area contributed by atoms with Gasteiger partial charge in [-0.05, 0) is 18.2 Å². The van der Waals surface area contributed by atoms with Gasteiger partial charge in [-0.1, -0.05) is 11.6 Å². The molecule has 4 aromatic rings. The standard InChI is InChI=1S/C16H10ClFN8/c17-13-5-11(1-2-14(13)18)24-16-21-8-12(10-6-19-9-20-7-10)15(25-16)26-22-3-4-23-26/h1-9H,(H,21,24,25). The monoisotopic (exact) mass is 368 g/mol. The minimum Gasteiger partial charge on any atom is -0.324 e. The number of benzene rings is 1. The molecule has 0 atom stereocenters. The third-order valence-electron chi connectivity index (χ3n) is 3.42. The van der Waals surface area contributed by atoms with Crippen LogP contribution < -0.4 is 5.32 Å². The van der Waals surface area contributed by atoms with Gasteiger partial charge in [-0.25, -0.2) is 19.3 Å². The van der Waals surface area contributed by atoms with Gasteiger partial charge in [-0.2, -0.15) is 15.2 Å². The second kappa shape index (κ2) is 6.81. The molecular formula is C16H10ClFN8. The van der Waals surface area contributed by atoms with Crippen LogP contribution in [0.4, 0.5) is 16.0 Å². The lowest BCUT2D eigenvalue weighted by Crippen LogP contribution is -2.08. The maximum Gasteiger partial charge on any atom is 0.229 e. The van der Waals surface area contributed by atoms with Crippen molar-refractivity contribution in [3.63, 3.8) is 0 Å². The third kappa shape index (κ3) is 3.20. The van der Waals surface area contributed by atoms with Gasteiger partial charge in [0.05, 0.1) is 17.4 Å². The smallest absolute Gasteiger partial charge is 0.229 e. The number of nitrogens with zero attached hydrogens (tertiary/aromatic N) is 7. The highest BCUT2D eigenvalue weighted by molar-refractivity contribution is 6.31. The van der Waals surface area contributed by atoms with Gasteiger partial charge >= 0.3 is 0 Å². The molecule has 0 fully saturated rings. The van der Waals surface area contributed by atoms with Gasteiger partial charge in [-0.15, -0.1) is 4.80 Å². The van der Waals surface area contributed by atoms with Crippen molar-refractivity contribution in [2.24, 2.45) is 0 Å². The van der Waals surface area contributed by atoms with Crippen molar-refractivity contribution in [3.8, 4) is 16.9 Å². The summed E-state index contributed by atoms with van der Waals surface area (Å²) in [6, 6.07) is 4.25. The van der Waals surface area contributed by atoms with Crippen molar-refractivity contribution in [3.05, 3.63) is 66.4 Å². The zero-order valence-corrected chi connectivity index (χ0v) is 13.8. The molecule has 0 unspecified atom stereocenters. The van der Waals surface area contributed by atoms with Crippen LogP contribution in [-0.2, 0) is 0 Å². The summed E-state index contributed by atoms with van der Waals surface area (Å²) in [6.45, 7) is 0. The van der Waals surface area contributed by atoms with Crippen molar-refractivity contribution < 1.29 is 4.39 Å². The van der Waals surface area contributed by atoms with Crippen LogP contribution in [0.3, 0.4) is 0 Å². The van der Waals surface area contributed by atoms with E-state index in [0.717, 1.165) is 5.56 Å². The largest absolute Gasteiger partial charge is 0.324 e. The van der Waals surface area contributed by atoms with Gasteiger partial charge in [0.1, 0.15) is 12.1 Å². The molecule has 3 heterocycles. The summed E-state index contributed by atoms with van der Waals surface area (Å²) in [4.78, 5) is 18.1. The lowest BCUT2D eigenvalue weighted by molar-refractivity contribution is 0.628. The van der Waals surface area contributed by atoms with E-state index in [1.54, 1.807) is 31.0 Å². The Bertz CT molecular complexity index is 1040. The summed E-state index contributed by atoms with van der Waals surface area (Å²) < 4.78 is 13.3. The second-order valence-corrected chi connectivity index (χ2v) is 5.54. The van der Waals surface area contributed by atoms with E-state index in [2.05, 4.69) is 35.5 Å². The van der Waals surface area contributed by atoms with Gasteiger partial charge in [0.2, 0.25) is 5.95 Å². The molecule has 0 aliphatic rings. The van der Waals surface area contributed by atoms with Crippen LogP contribution in [0.2, 0.25) is 5.02 Å². The Morgan fingerprint density at radius 2 is 1.81 bits per heavy atom. The maximum absolute atomic E-state index is 13.3. The molecule has 4 rings (SSSR count). The van der Waals surface area contributed by atoms with Crippen molar-refractivity contribution in [2.45, 2.75) is 0 Å². The maximum atomic E-state index is 13.3. The van der Waals surface area contributed by atoms with Gasteiger partial charge in [0.25, 0.3) is 0 Å². The summed E-state index contributed by atoms with van der Waals surface area (Å²) in [7, 11) is 0. The number of halogens is 2. The molecule has 0 amide bonds. The first kappa shape index (κ1) is 16.0. The quantitative estimate of drug-likeness (QED) is 0.591. The highest BCUT2D eigenvalue weighted by Gasteiger charge is 2.14. The molecule has 10 heteroatoms. The molecule has 3 aromatic heterocycles. The first-order valence-corrected chi connectivity index (χ1v) is 7.80. The van der Waals surface area contributed by atoms with Gasteiger partial charge in [0, 0.05) is 35.4 Å². The Morgan fingerprint density at radius 1 is 1.04 bits per heavy atom. The lowest BCUT2D eigenvalue weighted by atomic mass is 10.2. The Balaban J connectivity index is 1.76. The zero-order chi connectivity index (χ0) is 17.9. The Labute approximate surface area is 151 Å². The molecule has 1 N–H and O–H groups in total. The van der Waals surface area contributed by atoms with E-state index in [1.807, 2.05) is 0 Å². The number of nitrogens with one attached hydrogen (secondary N) is 1. The summed E-state index contributed by atoms with van der Waals surface area (Å²) in [5.41, 5.74) is 1.92. The molecule has 0 radical (unpaired) electrons. The normalized spacial score (nSPS) is 10.7. The van der Waals surface area contributed by atoms with Crippen molar-refractivity contribution in [1.82, 2.24) is 34.9 Å². The average molecular weight is 369 g/mol.